The molecule has 0 amide bonds. The van der Waals surface area contributed by atoms with E-state index in [4.69, 9.17) is 13.9 Å². The maximum absolute atomic E-state index is 12.3. The number of furan rings is 1. The van der Waals surface area contributed by atoms with Crippen molar-refractivity contribution in [1.82, 2.24) is 0 Å². The second-order valence-corrected chi connectivity index (χ2v) is 5.67. The summed E-state index contributed by atoms with van der Waals surface area (Å²) in [6, 6.07) is 8.42. The number of fused-ring (bicyclic) bond motifs is 1. The molecule has 0 bridgehead atoms. The number of aldehydes is 1. The van der Waals surface area contributed by atoms with Crippen molar-refractivity contribution in [3.63, 3.8) is 0 Å². The van der Waals surface area contributed by atoms with Crippen LogP contribution in [0.25, 0.3) is 0 Å². The van der Waals surface area contributed by atoms with E-state index in [0.717, 1.165) is 0 Å². The summed E-state index contributed by atoms with van der Waals surface area (Å²) in [5, 5.41) is 0. The first kappa shape index (κ1) is 12.9. The third-order valence-electron chi connectivity index (χ3n) is 2.85. The van der Waals surface area contributed by atoms with Crippen LogP contribution in [0.2, 0.25) is 0 Å². The van der Waals surface area contributed by atoms with E-state index < -0.39 is 10.8 Å². The Hall–Kier alpha value is -2.08. The molecule has 0 saturated carbocycles. The number of carbonyl (C=O) groups is 1. The highest BCUT2D eigenvalue weighted by atomic mass is 32.2. The van der Waals surface area contributed by atoms with E-state index in [1.165, 1.54) is 0 Å². The summed E-state index contributed by atoms with van der Waals surface area (Å²) in [7, 11) is -1.27. The van der Waals surface area contributed by atoms with Crippen molar-refractivity contribution in [3.8, 4) is 11.5 Å². The van der Waals surface area contributed by atoms with Crippen LogP contribution in [0.4, 0.5) is 0 Å². The number of hydrogen-bond donors (Lipinski definition) is 0. The number of ether oxygens (including phenoxy) is 2. The number of carbonyl (C=O) groups excluding carboxylic acids is 1. The monoisotopic (exact) mass is 292 g/mol. The van der Waals surface area contributed by atoms with Gasteiger partial charge in [0.05, 0.1) is 16.6 Å². The Morgan fingerprint density at radius 3 is 2.65 bits per heavy atom. The zero-order valence-corrected chi connectivity index (χ0v) is 11.4. The minimum absolute atomic E-state index is 0.216. The fourth-order valence-corrected chi connectivity index (χ4v) is 2.95. The third-order valence-corrected chi connectivity index (χ3v) is 4.17. The third kappa shape index (κ3) is 2.60. The zero-order valence-electron chi connectivity index (χ0n) is 10.5. The molecule has 1 atom stereocenters. The molecule has 2 aromatic rings. The standard InChI is InChI=1S/C14H12O5S/c15-8-10-1-2-11(19-10)9-20(16)12-3-4-13-14(7-12)18-6-5-17-13/h1-4,7-8H,5-6,9H2. The molecule has 20 heavy (non-hydrogen) atoms. The van der Waals surface area contributed by atoms with E-state index in [0.29, 0.717) is 41.7 Å². The van der Waals surface area contributed by atoms with Gasteiger partial charge < -0.3 is 13.9 Å². The molecule has 0 aliphatic carbocycles. The lowest BCUT2D eigenvalue weighted by Crippen LogP contribution is -2.15. The molecule has 0 saturated heterocycles. The largest absolute Gasteiger partial charge is 0.486 e. The molecular weight excluding hydrogens is 280 g/mol. The Morgan fingerprint density at radius 2 is 1.90 bits per heavy atom. The Bertz CT molecular complexity index is 661. The highest BCUT2D eigenvalue weighted by Gasteiger charge is 2.15. The molecule has 1 aliphatic heterocycles. The van der Waals surface area contributed by atoms with Gasteiger partial charge in [-0.1, -0.05) is 0 Å². The van der Waals surface area contributed by atoms with Gasteiger partial charge in [-0.3, -0.25) is 9.00 Å². The Kier molecular flexibility index (Phi) is 3.56. The van der Waals surface area contributed by atoms with E-state index in [2.05, 4.69) is 0 Å². The van der Waals surface area contributed by atoms with Crippen LogP contribution in [0.1, 0.15) is 16.3 Å². The maximum atomic E-state index is 12.3. The molecule has 1 unspecified atom stereocenters. The molecule has 104 valence electrons. The molecule has 1 aromatic heterocycles. The fraction of sp³-hybridized carbons (Fsp3) is 0.214. The van der Waals surface area contributed by atoms with Gasteiger partial charge in [-0.15, -0.1) is 0 Å². The molecule has 1 aromatic carbocycles. The first-order valence-corrected chi connectivity index (χ1v) is 7.40. The molecule has 3 rings (SSSR count). The van der Waals surface area contributed by atoms with Gasteiger partial charge in [-0.25, -0.2) is 0 Å². The lowest BCUT2D eigenvalue weighted by Gasteiger charge is -2.18. The van der Waals surface area contributed by atoms with Crippen molar-refractivity contribution in [2.75, 3.05) is 13.2 Å². The Balaban J connectivity index is 1.78. The van der Waals surface area contributed by atoms with Gasteiger partial charge in [-0.05, 0) is 24.3 Å². The van der Waals surface area contributed by atoms with Gasteiger partial charge in [0.2, 0.25) is 0 Å². The van der Waals surface area contributed by atoms with Gasteiger partial charge in [-0.2, -0.15) is 0 Å². The molecule has 0 spiro atoms. The summed E-state index contributed by atoms with van der Waals surface area (Å²) in [4.78, 5) is 11.2. The van der Waals surface area contributed by atoms with E-state index in [-0.39, 0.29) is 11.5 Å². The molecule has 0 fully saturated rings. The van der Waals surface area contributed by atoms with Crippen LogP contribution >= 0.6 is 0 Å². The van der Waals surface area contributed by atoms with Crippen molar-refractivity contribution >= 4 is 17.1 Å². The maximum Gasteiger partial charge on any atom is 0.185 e. The fourth-order valence-electron chi connectivity index (χ4n) is 1.91. The second-order valence-electron chi connectivity index (χ2n) is 4.22. The molecule has 0 N–H and O–H groups in total. The summed E-state index contributed by atoms with van der Waals surface area (Å²) < 4.78 is 28.4. The molecule has 2 heterocycles. The lowest BCUT2D eigenvalue weighted by molar-refractivity contribution is 0.109. The van der Waals surface area contributed by atoms with Crippen LogP contribution in [0.3, 0.4) is 0 Å². The van der Waals surface area contributed by atoms with Gasteiger partial charge in [0, 0.05) is 11.0 Å². The average Bonchev–Trinajstić information content (AvgIpc) is 2.94. The summed E-state index contributed by atoms with van der Waals surface area (Å²) >= 11 is 0. The van der Waals surface area contributed by atoms with Crippen LogP contribution in [0.15, 0.2) is 39.6 Å². The second kappa shape index (κ2) is 5.50. The molecular formula is C14H12O5S. The first-order valence-electron chi connectivity index (χ1n) is 6.08. The van der Waals surface area contributed by atoms with Crippen molar-refractivity contribution in [2.45, 2.75) is 10.6 Å². The molecule has 0 radical (unpaired) electrons. The number of benzene rings is 1. The van der Waals surface area contributed by atoms with Crippen LogP contribution in [0, 0.1) is 0 Å². The van der Waals surface area contributed by atoms with Crippen LogP contribution in [-0.4, -0.2) is 23.7 Å². The quantitative estimate of drug-likeness (QED) is 0.808. The predicted octanol–water partition coefficient (Wildman–Crippen LogP) is 2.17. The van der Waals surface area contributed by atoms with Crippen LogP contribution < -0.4 is 9.47 Å². The summed E-state index contributed by atoms with van der Waals surface area (Å²) in [5.74, 6) is 2.24. The van der Waals surface area contributed by atoms with Gasteiger partial charge in [0.25, 0.3) is 0 Å². The van der Waals surface area contributed by atoms with Crippen molar-refractivity contribution in [2.24, 2.45) is 0 Å². The predicted molar refractivity (Wildman–Crippen MR) is 71.6 cm³/mol. The molecule has 1 aliphatic rings. The minimum Gasteiger partial charge on any atom is -0.486 e. The highest BCUT2D eigenvalue weighted by Crippen LogP contribution is 2.32. The summed E-state index contributed by atoms with van der Waals surface area (Å²) in [5.41, 5.74) is 0. The van der Waals surface area contributed by atoms with Crippen LogP contribution in [-0.2, 0) is 16.6 Å². The topological polar surface area (TPSA) is 65.7 Å². The number of rotatable bonds is 4. The van der Waals surface area contributed by atoms with E-state index in [1.807, 2.05) is 0 Å². The first-order chi connectivity index (χ1) is 9.76. The highest BCUT2D eigenvalue weighted by molar-refractivity contribution is 7.84. The smallest absolute Gasteiger partial charge is 0.185 e. The van der Waals surface area contributed by atoms with Gasteiger partial charge in [0.15, 0.2) is 23.5 Å². The summed E-state index contributed by atoms with van der Waals surface area (Å²) in [6.45, 7) is 1.01. The Labute approximate surface area is 117 Å². The van der Waals surface area contributed by atoms with E-state index in [9.17, 15) is 9.00 Å². The molecule has 5 nitrogen and oxygen atoms in total. The zero-order chi connectivity index (χ0) is 13.9. The average molecular weight is 292 g/mol. The van der Waals surface area contributed by atoms with E-state index in [1.54, 1.807) is 30.3 Å². The van der Waals surface area contributed by atoms with Crippen molar-refractivity contribution in [3.05, 3.63) is 41.9 Å². The summed E-state index contributed by atoms with van der Waals surface area (Å²) in [6.07, 6.45) is 0.622. The molecule has 6 heteroatoms. The van der Waals surface area contributed by atoms with Crippen molar-refractivity contribution < 1.29 is 22.9 Å². The Morgan fingerprint density at radius 1 is 1.10 bits per heavy atom. The van der Waals surface area contributed by atoms with E-state index >= 15 is 0 Å². The van der Waals surface area contributed by atoms with Crippen LogP contribution in [0.5, 0.6) is 11.5 Å². The van der Waals surface area contributed by atoms with Gasteiger partial charge in [0.1, 0.15) is 19.0 Å². The van der Waals surface area contributed by atoms with Gasteiger partial charge >= 0.3 is 0 Å². The minimum atomic E-state index is -1.27. The van der Waals surface area contributed by atoms with Crippen molar-refractivity contribution in [1.29, 1.82) is 0 Å². The lowest BCUT2D eigenvalue weighted by atomic mass is 10.3. The normalized spacial score (nSPS) is 14.8. The SMILES string of the molecule is O=Cc1ccc(CS(=O)c2ccc3c(c2)OCCO3)o1. The number of hydrogen-bond acceptors (Lipinski definition) is 5.